The first kappa shape index (κ1) is 27.1. The second kappa shape index (κ2) is 11.3. The largest absolute Gasteiger partial charge is 0.336 e. The second-order valence-corrected chi connectivity index (χ2v) is 11.1. The van der Waals surface area contributed by atoms with E-state index in [-0.39, 0.29) is 28.2 Å². The molecule has 2 heterocycles. The van der Waals surface area contributed by atoms with Crippen LogP contribution in [-0.4, -0.2) is 27.5 Å². The summed E-state index contributed by atoms with van der Waals surface area (Å²) in [7, 11) is -3.71. The molecule has 0 unspecified atom stereocenters. The molecule has 0 saturated carbocycles. The van der Waals surface area contributed by atoms with Gasteiger partial charge in [-0.3, -0.25) is 18.7 Å². The summed E-state index contributed by atoms with van der Waals surface area (Å²) in [5.74, 6) is -0.0215. The minimum Gasteiger partial charge on any atom is -0.336 e. The van der Waals surface area contributed by atoms with E-state index in [1.165, 1.54) is 22.8 Å². The number of benzene rings is 3. The maximum atomic E-state index is 14.3. The molecule has 0 fully saturated rings. The van der Waals surface area contributed by atoms with Gasteiger partial charge in [0.05, 0.1) is 11.4 Å². The molecule has 0 bridgehead atoms. The average molecular weight is 562 g/mol. The highest BCUT2D eigenvalue weighted by Crippen LogP contribution is 2.18. The summed E-state index contributed by atoms with van der Waals surface area (Å²) in [6, 6.07) is 21.0. The Labute approximate surface area is 230 Å². The second-order valence-electron chi connectivity index (χ2n) is 9.44. The molecule has 0 atom stereocenters. The smallest absolute Gasteiger partial charge is 0.333 e. The molecule has 2 N–H and O–H groups in total. The van der Waals surface area contributed by atoms with Gasteiger partial charge in [-0.2, -0.15) is 0 Å². The van der Waals surface area contributed by atoms with Gasteiger partial charge in [-0.05, 0) is 42.3 Å². The summed E-state index contributed by atoms with van der Waals surface area (Å²) < 4.78 is 44.6. The minimum atomic E-state index is -3.71. The summed E-state index contributed by atoms with van der Waals surface area (Å²) in [5, 5.41) is 0. The van der Waals surface area contributed by atoms with E-state index in [9.17, 15) is 22.4 Å². The molecule has 0 radical (unpaired) electrons. The van der Waals surface area contributed by atoms with E-state index in [4.69, 9.17) is 0 Å². The third-order valence-electron chi connectivity index (χ3n) is 6.56. The van der Waals surface area contributed by atoms with Gasteiger partial charge in [-0.25, -0.2) is 22.6 Å². The SMILES string of the molecule is CCCCn1c(=O)n(Cc2ccccc2F)c(=O)c2[nH]c(Cc3ccc(NS(=O)(=O)c4ccccc4)cc3)nc21. The number of imidazole rings is 1. The summed E-state index contributed by atoms with van der Waals surface area (Å²) in [6.07, 6.45) is 1.85. The molecule has 11 heteroatoms. The highest BCUT2D eigenvalue weighted by atomic mass is 32.2. The standard InChI is InChI=1S/C29H28FN5O4S/c1-2-3-17-34-27-26(28(36)35(29(34)37)19-21-9-7-8-12-24(21)30)31-25(32-27)18-20-13-15-22(16-14-20)33-40(38,39)23-10-5-4-6-11-23/h4-16,33H,2-3,17-19H2,1H3,(H,31,32). The molecule has 0 aliphatic heterocycles. The number of hydrogen-bond acceptors (Lipinski definition) is 5. The summed E-state index contributed by atoms with van der Waals surface area (Å²) in [6.45, 7) is 2.17. The zero-order valence-electron chi connectivity index (χ0n) is 21.8. The van der Waals surface area contributed by atoms with Crippen LogP contribution in [0.15, 0.2) is 93.3 Å². The Kier molecular flexibility index (Phi) is 7.65. The topological polar surface area (TPSA) is 119 Å². The van der Waals surface area contributed by atoms with Gasteiger partial charge in [0.25, 0.3) is 15.6 Å². The molecule has 206 valence electrons. The van der Waals surface area contributed by atoms with Crippen LogP contribution in [0.4, 0.5) is 10.1 Å². The number of aryl methyl sites for hydroxylation is 1. The van der Waals surface area contributed by atoms with Gasteiger partial charge in [0.15, 0.2) is 5.65 Å². The molecule has 40 heavy (non-hydrogen) atoms. The van der Waals surface area contributed by atoms with Crippen molar-refractivity contribution in [2.45, 2.75) is 44.2 Å². The Balaban J connectivity index is 1.44. The van der Waals surface area contributed by atoms with Crippen molar-refractivity contribution in [3.8, 4) is 0 Å². The quantitative estimate of drug-likeness (QED) is 0.264. The zero-order chi connectivity index (χ0) is 28.3. The van der Waals surface area contributed by atoms with Crippen molar-refractivity contribution in [1.82, 2.24) is 19.1 Å². The van der Waals surface area contributed by atoms with E-state index in [0.29, 0.717) is 30.9 Å². The fourth-order valence-electron chi connectivity index (χ4n) is 4.45. The van der Waals surface area contributed by atoms with Crippen LogP contribution in [0, 0.1) is 5.82 Å². The molecule has 0 saturated heterocycles. The molecule has 2 aromatic heterocycles. The van der Waals surface area contributed by atoms with Crippen molar-refractivity contribution < 1.29 is 12.8 Å². The number of aromatic amines is 1. The predicted molar refractivity (Wildman–Crippen MR) is 152 cm³/mol. The molecule has 5 aromatic rings. The number of rotatable bonds is 10. The van der Waals surface area contributed by atoms with Gasteiger partial charge in [-0.15, -0.1) is 0 Å². The molecule has 3 aromatic carbocycles. The Morgan fingerprint density at radius 1 is 0.925 bits per heavy atom. The first-order chi connectivity index (χ1) is 19.3. The molecular weight excluding hydrogens is 533 g/mol. The Bertz CT molecular complexity index is 1880. The van der Waals surface area contributed by atoms with Crippen molar-refractivity contribution in [2.24, 2.45) is 0 Å². The molecule has 0 amide bonds. The number of nitrogens with one attached hydrogen (secondary N) is 2. The van der Waals surface area contributed by atoms with Crippen LogP contribution in [0.3, 0.4) is 0 Å². The highest BCUT2D eigenvalue weighted by Gasteiger charge is 2.19. The lowest BCUT2D eigenvalue weighted by molar-refractivity contribution is 0.553. The fraction of sp³-hybridized carbons (Fsp3) is 0.207. The molecular formula is C29H28FN5O4S. The number of sulfonamides is 1. The van der Waals surface area contributed by atoms with E-state index in [1.807, 2.05) is 6.92 Å². The normalized spacial score (nSPS) is 11.7. The maximum Gasteiger partial charge on any atom is 0.333 e. The Hall–Kier alpha value is -4.51. The van der Waals surface area contributed by atoms with E-state index >= 15 is 0 Å². The molecule has 0 spiro atoms. The van der Waals surface area contributed by atoms with Crippen LogP contribution in [0.1, 0.15) is 36.7 Å². The van der Waals surface area contributed by atoms with Gasteiger partial charge in [-0.1, -0.05) is 61.9 Å². The van der Waals surface area contributed by atoms with Crippen molar-refractivity contribution in [1.29, 1.82) is 0 Å². The number of anilines is 1. The third-order valence-corrected chi connectivity index (χ3v) is 7.96. The van der Waals surface area contributed by atoms with E-state index in [1.54, 1.807) is 60.7 Å². The lowest BCUT2D eigenvalue weighted by Gasteiger charge is -2.11. The summed E-state index contributed by atoms with van der Waals surface area (Å²) >= 11 is 0. The van der Waals surface area contributed by atoms with Crippen molar-refractivity contribution in [3.05, 3.63) is 122 Å². The first-order valence-electron chi connectivity index (χ1n) is 12.9. The Morgan fingerprint density at radius 2 is 1.62 bits per heavy atom. The first-order valence-corrected chi connectivity index (χ1v) is 14.4. The van der Waals surface area contributed by atoms with Crippen molar-refractivity contribution in [2.75, 3.05) is 4.72 Å². The van der Waals surface area contributed by atoms with Crippen LogP contribution in [0.25, 0.3) is 11.2 Å². The average Bonchev–Trinajstić information content (AvgIpc) is 3.37. The number of hydrogen-bond donors (Lipinski definition) is 2. The summed E-state index contributed by atoms with van der Waals surface area (Å²) in [4.78, 5) is 34.5. The predicted octanol–water partition coefficient (Wildman–Crippen LogP) is 4.27. The number of nitrogens with zero attached hydrogens (tertiary/aromatic N) is 3. The van der Waals surface area contributed by atoms with Crippen molar-refractivity contribution >= 4 is 26.9 Å². The van der Waals surface area contributed by atoms with Gasteiger partial charge in [0.2, 0.25) is 0 Å². The molecule has 5 rings (SSSR count). The van der Waals surface area contributed by atoms with Crippen molar-refractivity contribution in [3.63, 3.8) is 0 Å². The van der Waals surface area contributed by atoms with Gasteiger partial charge in [0.1, 0.15) is 17.2 Å². The van der Waals surface area contributed by atoms with E-state index < -0.39 is 27.1 Å². The number of H-pyrrole nitrogens is 1. The van der Waals surface area contributed by atoms with E-state index in [2.05, 4.69) is 14.7 Å². The molecule has 0 aliphatic rings. The van der Waals surface area contributed by atoms with Gasteiger partial charge < -0.3 is 4.98 Å². The number of fused-ring (bicyclic) bond motifs is 1. The van der Waals surface area contributed by atoms with Crippen LogP contribution >= 0.6 is 0 Å². The monoisotopic (exact) mass is 561 g/mol. The minimum absolute atomic E-state index is 0.163. The van der Waals surface area contributed by atoms with Crippen LogP contribution in [0.5, 0.6) is 0 Å². The third kappa shape index (κ3) is 5.59. The number of halogens is 1. The lowest BCUT2D eigenvalue weighted by Crippen LogP contribution is -2.40. The number of aromatic nitrogens is 4. The maximum absolute atomic E-state index is 14.3. The van der Waals surface area contributed by atoms with Gasteiger partial charge in [0, 0.05) is 24.2 Å². The summed E-state index contributed by atoms with van der Waals surface area (Å²) in [5.41, 5.74) is 0.788. The molecule has 0 aliphatic carbocycles. The fourth-order valence-corrected chi connectivity index (χ4v) is 5.53. The number of unbranched alkanes of at least 4 members (excludes halogenated alkanes) is 1. The van der Waals surface area contributed by atoms with Gasteiger partial charge >= 0.3 is 5.69 Å². The Morgan fingerprint density at radius 3 is 2.33 bits per heavy atom. The zero-order valence-corrected chi connectivity index (χ0v) is 22.6. The van der Waals surface area contributed by atoms with Crippen LogP contribution < -0.4 is 16.0 Å². The lowest BCUT2D eigenvalue weighted by atomic mass is 10.1. The highest BCUT2D eigenvalue weighted by molar-refractivity contribution is 7.92. The van der Waals surface area contributed by atoms with E-state index in [0.717, 1.165) is 16.6 Å². The molecule has 9 nitrogen and oxygen atoms in total. The van der Waals surface area contributed by atoms with Crippen LogP contribution in [0.2, 0.25) is 0 Å². The van der Waals surface area contributed by atoms with Crippen LogP contribution in [-0.2, 0) is 29.5 Å².